The summed E-state index contributed by atoms with van der Waals surface area (Å²) in [5, 5.41) is 11.6. The summed E-state index contributed by atoms with van der Waals surface area (Å²) in [6.07, 6.45) is 4.70. The molecule has 0 bridgehead atoms. The first-order chi connectivity index (χ1) is 14.1. The second kappa shape index (κ2) is 10.0. The highest BCUT2D eigenvalue weighted by Crippen LogP contribution is 2.28. The number of aromatic nitrogens is 3. The van der Waals surface area contributed by atoms with Crippen molar-refractivity contribution in [3.05, 3.63) is 69.8 Å². The van der Waals surface area contributed by atoms with Crippen LogP contribution in [0, 0.1) is 11.7 Å². The van der Waals surface area contributed by atoms with Gasteiger partial charge in [0.25, 0.3) is 0 Å². The first kappa shape index (κ1) is 20.8. The van der Waals surface area contributed by atoms with Crippen LogP contribution >= 0.6 is 12.2 Å². The van der Waals surface area contributed by atoms with Crippen molar-refractivity contribution in [3.8, 4) is 11.5 Å². The number of aromatic amines is 1. The van der Waals surface area contributed by atoms with E-state index in [2.05, 4.69) is 53.4 Å². The van der Waals surface area contributed by atoms with Crippen molar-refractivity contribution in [2.75, 3.05) is 7.11 Å². The SMILES string of the molecule is CCCCc1n[nH]c(=S)n1/N=C/c1ccc(OCc2ccc(C)cc2)c(OC)c1. The molecule has 0 unspecified atom stereocenters. The van der Waals surface area contributed by atoms with E-state index in [1.165, 1.54) is 5.56 Å². The molecule has 6 nitrogen and oxygen atoms in total. The van der Waals surface area contributed by atoms with E-state index in [1.54, 1.807) is 18.0 Å². The van der Waals surface area contributed by atoms with Gasteiger partial charge < -0.3 is 9.47 Å². The minimum atomic E-state index is 0.481. The molecule has 7 heteroatoms. The van der Waals surface area contributed by atoms with Gasteiger partial charge in [-0.25, -0.2) is 0 Å². The minimum Gasteiger partial charge on any atom is -0.493 e. The van der Waals surface area contributed by atoms with E-state index in [4.69, 9.17) is 21.7 Å². The van der Waals surface area contributed by atoms with Gasteiger partial charge in [-0.2, -0.15) is 14.9 Å². The Morgan fingerprint density at radius 2 is 1.97 bits per heavy atom. The Labute approximate surface area is 176 Å². The van der Waals surface area contributed by atoms with Gasteiger partial charge in [0, 0.05) is 6.42 Å². The maximum Gasteiger partial charge on any atom is 0.216 e. The van der Waals surface area contributed by atoms with Crippen molar-refractivity contribution >= 4 is 18.4 Å². The summed E-state index contributed by atoms with van der Waals surface area (Å²) in [6.45, 7) is 4.69. The highest BCUT2D eigenvalue weighted by Gasteiger charge is 2.07. The van der Waals surface area contributed by atoms with Crippen molar-refractivity contribution in [2.24, 2.45) is 5.10 Å². The average Bonchev–Trinajstić information content (AvgIpc) is 3.09. The van der Waals surface area contributed by atoms with Gasteiger partial charge >= 0.3 is 0 Å². The lowest BCUT2D eigenvalue weighted by molar-refractivity contribution is 0.284. The summed E-state index contributed by atoms with van der Waals surface area (Å²) in [4.78, 5) is 0. The van der Waals surface area contributed by atoms with Crippen molar-refractivity contribution in [1.29, 1.82) is 0 Å². The van der Waals surface area contributed by atoms with Gasteiger partial charge in [-0.15, -0.1) is 0 Å². The van der Waals surface area contributed by atoms with E-state index in [9.17, 15) is 0 Å². The number of methoxy groups -OCH3 is 1. The Hall–Kier alpha value is -2.93. The molecule has 1 N–H and O–H groups in total. The monoisotopic (exact) mass is 410 g/mol. The molecule has 0 amide bonds. The smallest absolute Gasteiger partial charge is 0.216 e. The highest BCUT2D eigenvalue weighted by atomic mass is 32.1. The summed E-state index contributed by atoms with van der Waals surface area (Å²) in [5.74, 6) is 2.18. The van der Waals surface area contributed by atoms with Gasteiger partial charge in [0.2, 0.25) is 4.77 Å². The lowest BCUT2D eigenvalue weighted by atomic mass is 10.2. The van der Waals surface area contributed by atoms with Crippen LogP contribution in [0.1, 0.15) is 42.3 Å². The molecule has 0 fully saturated rings. The van der Waals surface area contributed by atoms with E-state index in [-0.39, 0.29) is 0 Å². The third-order valence-electron chi connectivity index (χ3n) is 4.50. The molecule has 0 aliphatic heterocycles. The molecule has 0 spiro atoms. The molecule has 0 aliphatic rings. The molecule has 1 heterocycles. The Morgan fingerprint density at radius 1 is 1.17 bits per heavy atom. The molecule has 1 aromatic heterocycles. The molecule has 0 aliphatic carbocycles. The zero-order valence-electron chi connectivity index (χ0n) is 17.0. The van der Waals surface area contributed by atoms with Crippen molar-refractivity contribution in [3.63, 3.8) is 0 Å². The van der Waals surface area contributed by atoms with Gasteiger partial charge in [0.15, 0.2) is 17.3 Å². The fourth-order valence-electron chi connectivity index (χ4n) is 2.79. The van der Waals surface area contributed by atoms with Gasteiger partial charge in [-0.3, -0.25) is 5.10 Å². The van der Waals surface area contributed by atoms with E-state index < -0.39 is 0 Å². The number of aryl methyl sites for hydroxylation is 2. The van der Waals surface area contributed by atoms with Crippen LogP contribution < -0.4 is 9.47 Å². The minimum absolute atomic E-state index is 0.481. The molecule has 3 aromatic rings. The standard InChI is InChI=1S/C22H26N4O2S/c1-4-5-6-21-24-25-22(29)26(21)23-14-18-11-12-19(20(13-18)27-3)28-15-17-9-7-16(2)8-10-17/h7-14H,4-6,15H2,1-3H3,(H,25,29)/b23-14+. The molecule has 0 saturated heterocycles. The number of H-pyrrole nitrogens is 1. The maximum absolute atomic E-state index is 5.94. The van der Waals surface area contributed by atoms with E-state index in [0.29, 0.717) is 22.9 Å². The summed E-state index contributed by atoms with van der Waals surface area (Å²) in [7, 11) is 1.63. The Balaban J connectivity index is 1.73. The molecular weight excluding hydrogens is 384 g/mol. The number of nitrogens with one attached hydrogen (secondary N) is 1. The van der Waals surface area contributed by atoms with Gasteiger partial charge in [0.1, 0.15) is 6.61 Å². The van der Waals surface area contributed by atoms with Crippen LogP contribution in [0.15, 0.2) is 47.6 Å². The Morgan fingerprint density at radius 3 is 2.69 bits per heavy atom. The number of rotatable bonds is 9. The number of ether oxygens (including phenoxy) is 2. The zero-order chi connectivity index (χ0) is 20.6. The predicted octanol–water partition coefficient (Wildman–Crippen LogP) is 5.06. The second-order valence-electron chi connectivity index (χ2n) is 6.79. The first-order valence-electron chi connectivity index (χ1n) is 9.67. The molecule has 152 valence electrons. The van der Waals surface area contributed by atoms with Crippen LogP contribution in [-0.2, 0) is 13.0 Å². The second-order valence-corrected chi connectivity index (χ2v) is 7.18. The van der Waals surface area contributed by atoms with Crippen LogP contribution in [0.4, 0.5) is 0 Å². The summed E-state index contributed by atoms with van der Waals surface area (Å²) in [6, 6.07) is 14.0. The third kappa shape index (κ3) is 5.54. The topological polar surface area (TPSA) is 64.4 Å². The average molecular weight is 411 g/mol. The zero-order valence-corrected chi connectivity index (χ0v) is 17.8. The highest BCUT2D eigenvalue weighted by molar-refractivity contribution is 7.71. The Kier molecular flexibility index (Phi) is 7.19. The van der Waals surface area contributed by atoms with Crippen LogP contribution in [-0.4, -0.2) is 28.2 Å². The number of hydrogen-bond acceptors (Lipinski definition) is 5. The number of unbranched alkanes of at least 4 members (excludes halogenated alkanes) is 1. The van der Waals surface area contributed by atoms with Crippen LogP contribution in [0.5, 0.6) is 11.5 Å². The van der Waals surface area contributed by atoms with Crippen molar-refractivity contribution < 1.29 is 9.47 Å². The first-order valence-corrected chi connectivity index (χ1v) is 10.1. The largest absolute Gasteiger partial charge is 0.493 e. The molecular formula is C22H26N4O2S. The van der Waals surface area contributed by atoms with Crippen LogP contribution in [0.2, 0.25) is 0 Å². The molecule has 29 heavy (non-hydrogen) atoms. The molecule has 3 rings (SSSR count). The van der Waals surface area contributed by atoms with E-state index in [1.807, 2.05) is 18.2 Å². The molecule has 0 atom stereocenters. The lowest BCUT2D eigenvalue weighted by Crippen LogP contribution is -2.00. The summed E-state index contributed by atoms with van der Waals surface area (Å²) < 4.78 is 13.6. The quantitative estimate of drug-likeness (QED) is 0.395. The molecule has 0 saturated carbocycles. The lowest BCUT2D eigenvalue weighted by Gasteiger charge is -2.11. The van der Waals surface area contributed by atoms with E-state index in [0.717, 1.165) is 36.2 Å². The van der Waals surface area contributed by atoms with Gasteiger partial charge in [-0.05, 0) is 54.9 Å². The van der Waals surface area contributed by atoms with Crippen molar-refractivity contribution in [1.82, 2.24) is 14.9 Å². The third-order valence-corrected chi connectivity index (χ3v) is 4.76. The summed E-state index contributed by atoms with van der Waals surface area (Å²) >= 11 is 5.28. The van der Waals surface area contributed by atoms with Crippen molar-refractivity contribution in [2.45, 2.75) is 39.7 Å². The predicted molar refractivity (Wildman–Crippen MR) is 118 cm³/mol. The Bertz CT molecular complexity index is 1020. The van der Waals surface area contributed by atoms with E-state index >= 15 is 0 Å². The normalized spacial score (nSPS) is 11.1. The fraction of sp³-hybridized carbons (Fsp3) is 0.318. The van der Waals surface area contributed by atoms with Gasteiger partial charge in [-0.1, -0.05) is 43.2 Å². The fourth-order valence-corrected chi connectivity index (χ4v) is 2.99. The van der Waals surface area contributed by atoms with Crippen LogP contribution in [0.25, 0.3) is 0 Å². The van der Waals surface area contributed by atoms with Gasteiger partial charge in [0.05, 0.1) is 13.3 Å². The molecule has 0 radical (unpaired) electrons. The number of hydrogen-bond donors (Lipinski definition) is 1. The van der Waals surface area contributed by atoms with Crippen LogP contribution in [0.3, 0.4) is 0 Å². The molecule has 2 aromatic carbocycles. The summed E-state index contributed by atoms with van der Waals surface area (Å²) in [5.41, 5.74) is 3.22. The number of benzene rings is 2. The maximum atomic E-state index is 5.94. The number of nitrogens with zero attached hydrogens (tertiary/aromatic N) is 3.